The van der Waals surface area contributed by atoms with Crippen molar-refractivity contribution in [1.82, 2.24) is 10.3 Å². The minimum Gasteiger partial charge on any atom is -0.319 e. The number of benzene rings is 1. The fraction of sp³-hybridized carbons (Fsp3) is 0.214. The van der Waals surface area contributed by atoms with Crippen molar-refractivity contribution >= 4 is 10.9 Å². The summed E-state index contributed by atoms with van der Waals surface area (Å²) in [5.74, 6) is 6.27. The van der Waals surface area contributed by atoms with E-state index in [4.69, 9.17) is 0 Å². The van der Waals surface area contributed by atoms with Crippen LogP contribution in [0.1, 0.15) is 12.0 Å². The van der Waals surface area contributed by atoms with Crippen LogP contribution in [0.2, 0.25) is 0 Å². The summed E-state index contributed by atoms with van der Waals surface area (Å²) < 4.78 is 0. The molecule has 1 heterocycles. The standard InChI is InChI=1S/C14H14N2/c1-15-9-3-2-5-12-7-8-13-6-4-10-16-14(13)11-12/h4,6-8,10-11,15H,3,9H2,1H3. The fourth-order valence-electron chi connectivity index (χ4n) is 1.50. The third-order valence-electron chi connectivity index (χ3n) is 2.34. The molecular weight excluding hydrogens is 196 g/mol. The number of hydrogen-bond acceptors (Lipinski definition) is 2. The Morgan fingerprint density at radius 2 is 2.25 bits per heavy atom. The molecule has 0 amide bonds. The second-order valence-electron chi connectivity index (χ2n) is 3.57. The molecule has 0 radical (unpaired) electrons. The van der Waals surface area contributed by atoms with E-state index < -0.39 is 0 Å². The van der Waals surface area contributed by atoms with Crippen molar-refractivity contribution in [1.29, 1.82) is 0 Å². The van der Waals surface area contributed by atoms with Gasteiger partial charge in [-0.05, 0) is 25.2 Å². The zero-order valence-corrected chi connectivity index (χ0v) is 9.33. The molecule has 0 fully saturated rings. The lowest BCUT2D eigenvalue weighted by molar-refractivity contribution is 0.818. The van der Waals surface area contributed by atoms with Gasteiger partial charge in [-0.15, -0.1) is 0 Å². The number of hydrogen-bond donors (Lipinski definition) is 1. The highest BCUT2D eigenvalue weighted by atomic mass is 14.8. The van der Waals surface area contributed by atoms with E-state index >= 15 is 0 Å². The first-order valence-electron chi connectivity index (χ1n) is 5.38. The average Bonchev–Trinajstić information content (AvgIpc) is 2.34. The number of aromatic nitrogens is 1. The molecule has 0 aliphatic rings. The van der Waals surface area contributed by atoms with Crippen LogP contribution in [0.25, 0.3) is 10.9 Å². The first-order chi connectivity index (χ1) is 7.90. The molecule has 1 N–H and O–H groups in total. The largest absolute Gasteiger partial charge is 0.319 e. The third kappa shape index (κ3) is 2.59. The summed E-state index contributed by atoms with van der Waals surface area (Å²) in [6, 6.07) is 10.1. The van der Waals surface area contributed by atoms with E-state index in [-0.39, 0.29) is 0 Å². The minimum absolute atomic E-state index is 0.872. The van der Waals surface area contributed by atoms with E-state index in [0.29, 0.717) is 0 Å². The molecular formula is C14H14N2. The molecule has 2 aromatic rings. The Hall–Kier alpha value is -1.85. The molecule has 0 saturated carbocycles. The van der Waals surface area contributed by atoms with Crippen molar-refractivity contribution < 1.29 is 0 Å². The van der Waals surface area contributed by atoms with E-state index in [2.05, 4.69) is 34.3 Å². The normalized spacial score (nSPS) is 9.81. The van der Waals surface area contributed by atoms with Crippen LogP contribution >= 0.6 is 0 Å². The van der Waals surface area contributed by atoms with E-state index in [1.165, 1.54) is 0 Å². The van der Waals surface area contributed by atoms with E-state index in [1.807, 2.05) is 25.2 Å². The molecule has 0 atom stereocenters. The lowest BCUT2D eigenvalue weighted by Gasteiger charge is -1.96. The van der Waals surface area contributed by atoms with Gasteiger partial charge in [0, 0.05) is 30.1 Å². The minimum atomic E-state index is 0.872. The number of rotatable bonds is 2. The summed E-state index contributed by atoms with van der Waals surface area (Å²) in [5.41, 5.74) is 2.03. The van der Waals surface area contributed by atoms with E-state index in [1.54, 1.807) is 6.20 Å². The van der Waals surface area contributed by atoms with Gasteiger partial charge in [-0.3, -0.25) is 4.98 Å². The molecule has 80 valence electrons. The van der Waals surface area contributed by atoms with Crippen molar-refractivity contribution in [3.63, 3.8) is 0 Å². The van der Waals surface area contributed by atoms with Crippen molar-refractivity contribution in [2.75, 3.05) is 13.6 Å². The maximum absolute atomic E-state index is 4.31. The lowest BCUT2D eigenvalue weighted by Crippen LogP contribution is -2.05. The molecule has 2 rings (SSSR count). The summed E-state index contributed by atoms with van der Waals surface area (Å²) in [6.45, 7) is 0.929. The summed E-state index contributed by atoms with van der Waals surface area (Å²) in [5, 5.41) is 4.22. The van der Waals surface area contributed by atoms with Crippen LogP contribution in [0.5, 0.6) is 0 Å². The summed E-state index contributed by atoms with van der Waals surface area (Å²) in [4.78, 5) is 4.31. The number of nitrogens with one attached hydrogen (secondary N) is 1. The second kappa shape index (κ2) is 5.29. The smallest absolute Gasteiger partial charge is 0.0714 e. The van der Waals surface area contributed by atoms with Crippen molar-refractivity contribution in [3.05, 3.63) is 42.1 Å². The maximum atomic E-state index is 4.31. The summed E-state index contributed by atoms with van der Waals surface area (Å²) in [7, 11) is 1.93. The SMILES string of the molecule is CNCCC#Cc1ccc2cccnc2c1. The second-order valence-corrected chi connectivity index (χ2v) is 3.57. The quantitative estimate of drug-likeness (QED) is 0.607. The van der Waals surface area contributed by atoms with Gasteiger partial charge in [0.05, 0.1) is 5.52 Å². The molecule has 0 aliphatic carbocycles. The van der Waals surface area contributed by atoms with Crippen LogP contribution in [0.4, 0.5) is 0 Å². The Kier molecular flexibility index (Phi) is 3.53. The van der Waals surface area contributed by atoms with Gasteiger partial charge < -0.3 is 5.32 Å². The Bertz CT molecular complexity index is 535. The molecule has 0 saturated heterocycles. The fourth-order valence-corrected chi connectivity index (χ4v) is 1.50. The van der Waals surface area contributed by atoms with Gasteiger partial charge in [0.15, 0.2) is 0 Å². The predicted molar refractivity (Wildman–Crippen MR) is 67.2 cm³/mol. The van der Waals surface area contributed by atoms with E-state index in [9.17, 15) is 0 Å². The Morgan fingerprint density at radius 3 is 3.12 bits per heavy atom. The number of fused-ring (bicyclic) bond motifs is 1. The molecule has 0 aliphatic heterocycles. The number of pyridine rings is 1. The number of nitrogens with zero attached hydrogens (tertiary/aromatic N) is 1. The molecule has 16 heavy (non-hydrogen) atoms. The molecule has 2 nitrogen and oxygen atoms in total. The average molecular weight is 210 g/mol. The monoisotopic (exact) mass is 210 g/mol. The highest BCUT2D eigenvalue weighted by Gasteiger charge is 1.93. The molecule has 1 aromatic heterocycles. The molecule has 1 aromatic carbocycles. The Morgan fingerprint density at radius 1 is 1.31 bits per heavy atom. The van der Waals surface area contributed by atoms with Crippen LogP contribution in [0.3, 0.4) is 0 Å². The van der Waals surface area contributed by atoms with Gasteiger partial charge >= 0.3 is 0 Å². The van der Waals surface area contributed by atoms with Gasteiger partial charge in [0.25, 0.3) is 0 Å². The zero-order valence-electron chi connectivity index (χ0n) is 9.33. The van der Waals surface area contributed by atoms with Gasteiger partial charge in [0.2, 0.25) is 0 Å². The summed E-state index contributed by atoms with van der Waals surface area (Å²) in [6.07, 6.45) is 2.68. The van der Waals surface area contributed by atoms with Crippen LogP contribution in [-0.2, 0) is 0 Å². The molecule has 2 heteroatoms. The zero-order chi connectivity index (χ0) is 11.2. The molecule has 0 spiro atoms. The summed E-state index contributed by atoms with van der Waals surface area (Å²) >= 11 is 0. The third-order valence-corrected chi connectivity index (χ3v) is 2.34. The molecule has 0 bridgehead atoms. The highest BCUT2D eigenvalue weighted by Crippen LogP contribution is 2.12. The van der Waals surface area contributed by atoms with E-state index in [0.717, 1.165) is 29.4 Å². The Labute approximate surface area is 95.7 Å². The first-order valence-corrected chi connectivity index (χ1v) is 5.38. The predicted octanol–water partition coefficient (Wildman–Crippen LogP) is 2.20. The van der Waals surface area contributed by atoms with Crippen molar-refractivity contribution in [3.8, 4) is 11.8 Å². The van der Waals surface area contributed by atoms with Crippen LogP contribution < -0.4 is 5.32 Å². The van der Waals surface area contributed by atoms with Crippen molar-refractivity contribution in [2.45, 2.75) is 6.42 Å². The van der Waals surface area contributed by atoms with Crippen LogP contribution in [-0.4, -0.2) is 18.6 Å². The highest BCUT2D eigenvalue weighted by molar-refractivity contribution is 5.79. The van der Waals surface area contributed by atoms with Gasteiger partial charge in [0.1, 0.15) is 0 Å². The first kappa shape index (κ1) is 10.7. The van der Waals surface area contributed by atoms with Gasteiger partial charge in [-0.2, -0.15) is 0 Å². The molecule has 0 unspecified atom stereocenters. The Balaban J connectivity index is 2.21. The van der Waals surface area contributed by atoms with Crippen molar-refractivity contribution in [2.24, 2.45) is 0 Å². The topological polar surface area (TPSA) is 24.9 Å². The maximum Gasteiger partial charge on any atom is 0.0714 e. The van der Waals surface area contributed by atoms with Gasteiger partial charge in [-0.25, -0.2) is 0 Å². The lowest BCUT2D eigenvalue weighted by atomic mass is 10.1. The van der Waals surface area contributed by atoms with Crippen LogP contribution in [0, 0.1) is 11.8 Å². The van der Waals surface area contributed by atoms with Gasteiger partial charge in [-0.1, -0.05) is 24.0 Å². The van der Waals surface area contributed by atoms with Crippen LogP contribution in [0.15, 0.2) is 36.5 Å².